The zero-order valence-corrected chi connectivity index (χ0v) is 10.8. The van der Waals surface area contributed by atoms with Gasteiger partial charge in [0.25, 0.3) is 10.1 Å². The summed E-state index contributed by atoms with van der Waals surface area (Å²) in [5.41, 5.74) is 7.23. The van der Waals surface area contributed by atoms with Gasteiger partial charge in [0, 0.05) is 5.69 Å². The Bertz CT molecular complexity index is 689. The van der Waals surface area contributed by atoms with E-state index >= 15 is 0 Å². The first-order valence-electron chi connectivity index (χ1n) is 5.57. The number of hydrogen-bond acceptors (Lipinski definition) is 3. The Morgan fingerprint density at radius 1 is 1.00 bits per heavy atom. The number of nitrogens with two attached hydrogens (primary N) is 1. The predicted octanol–water partition coefficient (Wildman–Crippen LogP) is 2.65. The Kier molecular flexibility index (Phi) is 3.69. The lowest BCUT2D eigenvalue weighted by Gasteiger charge is -2.05. The molecule has 0 aromatic heterocycles. The first-order chi connectivity index (χ1) is 8.97. The molecule has 4 nitrogen and oxygen atoms in total. The quantitative estimate of drug-likeness (QED) is 0.512. The van der Waals surface area contributed by atoms with Gasteiger partial charge in [0.2, 0.25) is 0 Å². The van der Waals surface area contributed by atoms with Gasteiger partial charge in [0.1, 0.15) is 4.91 Å². The summed E-state index contributed by atoms with van der Waals surface area (Å²) in [4.78, 5) is -0.141. The summed E-state index contributed by atoms with van der Waals surface area (Å²) < 4.78 is 32.3. The predicted molar refractivity (Wildman–Crippen MR) is 76.7 cm³/mol. The van der Waals surface area contributed by atoms with Gasteiger partial charge in [-0.2, -0.15) is 8.42 Å². The lowest BCUT2D eigenvalue weighted by atomic mass is 10.1. The maximum atomic E-state index is 11.5. The van der Waals surface area contributed by atoms with Crippen LogP contribution in [0.15, 0.2) is 54.6 Å². The van der Waals surface area contributed by atoms with E-state index in [1.54, 1.807) is 54.6 Å². The van der Waals surface area contributed by atoms with Gasteiger partial charge in [0.15, 0.2) is 0 Å². The minimum absolute atomic E-state index is 0.141. The van der Waals surface area contributed by atoms with Crippen LogP contribution in [-0.4, -0.2) is 13.0 Å². The minimum atomic E-state index is -4.30. The van der Waals surface area contributed by atoms with Crippen LogP contribution in [0.25, 0.3) is 11.0 Å². The molecule has 0 aliphatic heterocycles. The van der Waals surface area contributed by atoms with Crippen molar-refractivity contribution < 1.29 is 13.0 Å². The smallest absolute Gasteiger partial charge is 0.295 e. The number of rotatable bonds is 3. The van der Waals surface area contributed by atoms with Crippen LogP contribution >= 0.6 is 0 Å². The van der Waals surface area contributed by atoms with Gasteiger partial charge >= 0.3 is 0 Å². The van der Waals surface area contributed by atoms with Gasteiger partial charge in [-0.15, -0.1) is 0 Å². The van der Waals surface area contributed by atoms with Crippen molar-refractivity contribution in [2.75, 3.05) is 5.73 Å². The van der Waals surface area contributed by atoms with Crippen LogP contribution in [-0.2, 0) is 10.1 Å². The molecule has 0 bridgehead atoms. The van der Waals surface area contributed by atoms with Crippen LogP contribution in [0.3, 0.4) is 0 Å². The zero-order chi connectivity index (χ0) is 13.9. The number of nitrogen functional groups attached to an aromatic ring is 1. The maximum Gasteiger partial charge on any atom is 0.295 e. The van der Waals surface area contributed by atoms with E-state index in [2.05, 4.69) is 0 Å². The molecule has 0 unspecified atom stereocenters. The Labute approximate surface area is 111 Å². The van der Waals surface area contributed by atoms with Crippen LogP contribution in [0, 0.1) is 0 Å². The van der Waals surface area contributed by atoms with Gasteiger partial charge in [-0.1, -0.05) is 42.5 Å². The Hall–Kier alpha value is -2.11. The van der Waals surface area contributed by atoms with Gasteiger partial charge in [-0.05, 0) is 29.3 Å². The molecule has 2 aromatic rings. The third kappa shape index (κ3) is 3.43. The molecule has 19 heavy (non-hydrogen) atoms. The lowest BCUT2D eigenvalue weighted by Crippen LogP contribution is -2.01. The maximum absolute atomic E-state index is 11.5. The normalized spacial score (nSPS) is 12.4. The van der Waals surface area contributed by atoms with E-state index in [-0.39, 0.29) is 4.91 Å². The van der Waals surface area contributed by atoms with Crippen molar-refractivity contribution in [1.82, 2.24) is 0 Å². The van der Waals surface area contributed by atoms with Crippen molar-refractivity contribution in [2.24, 2.45) is 0 Å². The Morgan fingerprint density at radius 3 is 2.11 bits per heavy atom. The first kappa shape index (κ1) is 13.3. The van der Waals surface area contributed by atoms with Crippen LogP contribution < -0.4 is 5.73 Å². The third-order valence-electron chi connectivity index (χ3n) is 2.57. The van der Waals surface area contributed by atoms with E-state index in [4.69, 9.17) is 5.73 Å². The molecule has 0 fully saturated rings. The van der Waals surface area contributed by atoms with E-state index in [0.29, 0.717) is 16.8 Å². The third-order valence-corrected chi connectivity index (χ3v) is 3.48. The second-order valence-corrected chi connectivity index (χ2v) is 5.41. The van der Waals surface area contributed by atoms with E-state index in [9.17, 15) is 13.0 Å². The average molecular weight is 275 g/mol. The molecule has 0 spiro atoms. The summed E-state index contributed by atoms with van der Waals surface area (Å²) in [7, 11) is -4.30. The largest absolute Gasteiger partial charge is 0.399 e. The van der Waals surface area contributed by atoms with Gasteiger partial charge in [-0.25, -0.2) is 0 Å². The van der Waals surface area contributed by atoms with E-state index < -0.39 is 10.1 Å². The molecule has 0 aliphatic carbocycles. The molecule has 5 heteroatoms. The van der Waals surface area contributed by atoms with Gasteiger partial charge in [0.05, 0.1) is 0 Å². The second-order valence-electron chi connectivity index (χ2n) is 4.02. The SMILES string of the molecule is Nc1ccc(C=C(c2ccccc2)S(=O)(=O)O)cc1. The first-order valence-corrected chi connectivity index (χ1v) is 7.01. The summed E-state index contributed by atoms with van der Waals surface area (Å²) in [5, 5.41) is 0. The van der Waals surface area contributed by atoms with Crippen LogP contribution in [0.2, 0.25) is 0 Å². The molecule has 98 valence electrons. The zero-order valence-electron chi connectivity index (χ0n) is 10.0. The molecule has 0 aliphatic rings. The van der Waals surface area contributed by atoms with Crippen LogP contribution in [0.4, 0.5) is 5.69 Å². The highest BCUT2D eigenvalue weighted by Gasteiger charge is 2.15. The molecule has 0 atom stereocenters. The summed E-state index contributed by atoms with van der Waals surface area (Å²) in [6.07, 6.45) is 1.41. The molecule has 0 amide bonds. The topological polar surface area (TPSA) is 80.4 Å². The highest BCUT2D eigenvalue weighted by molar-refractivity contribution is 7.95. The fourth-order valence-electron chi connectivity index (χ4n) is 1.65. The highest BCUT2D eigenvalue weighted by Crippen LogP contribution is 2.23. The molecular formula is C14H13NO3S. The van der Waals surface area contributed by atoms with Crippen LogP contribution in [0.1, 0.15) is 11.1 Å². The molecule has 2 rings (SSSR count). The second kappa shape index (κ2) is 5.26. The van der Waals surface area contributed by atoms with Gasteiger partial charge in [-0.3, -0.25) is 4.55 Å². The Morgan fingerprint density at radius 2 is 1.58 bits per heavy atom. The average Bonchev–Trinajstić information content (AvgIpc) is 2.37. The monoisotopic (exact) mass is 275 g/mol. The Balaban J connectivity index is 2.54. The highest BCUT2D eigenvalue weighted by atomic mass is 32.2. The summed E-state index contributed by atoms with van der Waals surface area (Å²) in [6.45, 7) is 0. The standard InChI is InChI=1S/C14H13NO3S/c15-13-8-6-11(7-9-13)10-14(19(16,17)18)12-4-2-1-3-5-12/h1-10H,15H2,(H,16,17,18). The number of hydrogen-bond donors (Lipinski definition) is 2. The van der Waals surface area contributed by atoms with Crippen molar-refractivity contribution in [3.63, 3.8) is 0 Å². The molecule has 0 saturated carbocycles. The molecule has 0 heterocycles. The fourth-order valence-corrected chi connectivity index (χ4v) is 2.37. The van der Waals surface area contributed by atoms with Crippen molar-refractivity contribution in [3.05, 3.63) is 65.7 Å². The van der Waals surface area contributed by atoms with E-state index in [1.807, 2.05) is 0 Å². The van der Waals surface area contributed by atoms with Crippen molar-refractivity contribution in [3.8, 4) is 0 Å². The molecule has 2 aromatic carbocycles. The number of anilines is 1. The summed E-state index contributed by atoms with van der Waals surface area (Å²) >= 11 is 0. The summed E-state index contributed by atoms with van der Waals surface area (Å²) in [6, 6.07) is 15.1. The fraction of sp³-hybridized carbons (Fsp3) is 0. The van der Waals surface area contributed by atoms with Crippen molar-refractivity contribution in [2.45, 2.75) is 0 Å². The van der Waals surface area contributed by atoms with Crippen molar-refractivity contribution in [1.29, 1.82) is 0 Å². The molecular weight excluding hydrogens is 262 g/mol. The minimum Gasteiger partial charge on any atom is -0.399 e. The van der Waals surface area contributed by atoms with E-state index in [0.717, 1.165) is 0 Å². The molecule has 0 radical (unpaired) electrons. The summed E-state index contributed by atoms with van der Waals surface area (Å²) in [5.74, 6) is 0. The molecule has 0 saturated heterocycles. The van der Waals surface area contributed by atoms with Gasteiger partial charge < -0.3 is 5.73 Å². The number of benzene rings is 2. The van der Waals surface area contributed by atoms with Crippen LogP contribution in [0.5, 0.6) is 0 Å². The van der Waals surface area contributed by atoms with E-state index in [1.165, 1.54) is 6.08 Å². The lowest BCUT2D eigenvalue weighted by molar-refractivity contribution is 0.496. The molecule has 3 N–H and O–H groups in total. The van der Waals surface area contributed by atoms with Crippen molar-refractivity contribution >= 4 is 26.8 Å².